The monoisotopic (exact) mass is 586 g/mol. The number of hydrazine groups is 1. The molecule has 5 rings (SSSR count). The zero-order chi connectivity index (χ0) is 27.5. The number of fused-ring (bicyclic) bond motifs is 1. The Hall–Kier alpha value is -3.17. The number of aromatic nitrogens is 2. The van der Waals surface area contributed by atoms with Crippen molar-refractivity contribution in [2.45, 2.75) is 40.3 Å². The molecule has 1 saturated heterocycles. The molecule has 3 aromatic carbocycles. The Bertz CT molecular complexity index is 1550. The summed E-state index contributed by atoms with van der Waals surface area (Å²) in [4.78, 5) is 18.5. The number of benzene rings is 3. The molecule has 1 aromatic heterocycles. The van der Waals surface area contributed by atoms with Crippen LogP contribution >= 0.6 is 15.9 Å². The van der Waals surface area contributed by atoms with Crippen molar-refractivity contribution in [2.75, 3.05) is 26.2 Å². The fourth-order valence-electron chi connectivity index (χ4n) is 5.03. The highest BCUT2D eigenvalue weighted by Gasteiger charge is 2.27. The highest BCUT2D eigenvalue weighted by atomic mass is 79.9. The van der Waals surface area contributed by atoms with E-state index in [2.05, 4.69) is 88.3 Å². The molecule has 4 aromatic rings. The molecule has 7 nitrogen and oxygen atoms in total. The van der Waals surface area contributed by atoms with Crippen LogP contribution in [0.2, 0.25) is 0 Å². The van der Waals surface area contributed by atoms with E-state index in [9.17, 15) is 4.79 Å². The van der Waals surface area contributed by atoms with Gasteiger partial charge < -0.3 is 5.32 Å². The first-order chi connectivity index (χ1) is 18.9. The molecule has 202 valence electrons. The van der Waals surface area contributed by atoms with Gasteiger partial charge in [0.1, 0.15) is 0 Å². The van der Waals surface area contributed by atoms with Gasteiger partial charge >= 0.3 is 0 Å². The Morgan fingerprint density at radius 3 is 2.36 bits per heavy atom. The Labute approximate surface area is 238 Å². The number of hydrogen-bond donors (Lipinski definition) is 1. The third kappa shape index (κ3) is 6.04. The van der Waals surface area contributed by atoms with Gasteiger partial charge in [0, 0.05) is 48.8 Å². The van der Waals surface area contributed by atoms with E-state index in [1.165, 1.54) is 21.4 Å². The molecule has 39 heavy (non-hydrogen) atoms. The van der Waals surface area contributed by atoms with Crippen LogP contribution in [0, 0.1) is 13.8 Å². The van der Waals surface area contributed by atoms with Crippen molar-refractivity contribution in [3.05, 3.63) is 97.7 Å². The largest absolute Gasteiger partial charge is 0.307 e. The van der Waals surface area contributed by atoms with Crippen LogP contribution < -0.4 is 10.9 Å². The lowest BCUT2D eigenvalue weighted by Gasteiger charge is -2.24. The standard InChI is InChI=1S/C31H35BrN6O/c1-5-36-19-27(20-37(36)6-2)33-17-23-9-11-25(12-10-23)30-35-29-14-13-26(32)16-28(29)31(39)38(30)34-18-24-8-7-21(3)22(4)15-24/h7-16,18,27,33H,5-6,17,19-20H2,1-4H3/b34-18+. The maximum Gasteiger partial charge on any atom is 0.282 e. The molecule has 1 aliphatic heterocycles. The molecular formula is C31H35BrN6O. The topological polar surface area (TPSA) is 65.8 Å². The van der Waals surface area contributed by atoms with Crippen molar-refractivity contribution in [1.29, 1.82) is 0 Å². The first-order valence-corrected chi connectivity index (χ1v) is 14.3. The van der Waals surface area contributed by atoms with Crippen LogP contribution in [0.1, 0.15) is 36.1 Å². The van der Waals surface area contributed by atoms with Gasteiger partial charge in [-0.25, -0.2) is 15.0 Å². The number of aryl methyl sites for hydroxylation is 2. The maximum absolute atomic E-state index is 13.6. The minimum Gasteiger partial charge on any atom is -0.307 e. The summed E-state index contributed by atoms with van der Waals surface area (Å²) in [5.41, 5.74) is 5.80. The molecule has 8 heteroatoms. The summed E-state index contributed by atoms with van der Waals surface area (Å²) >= 11 is 3.48. The van der Waals surface area contributed by atoms with Crippen LogP contribution in [0.5, 0.6) is 0 Å². The molecule has 1 N–H and O–H groups in total. The highest BCUT2D eigenvalue weighted by Crippen LogP contribution is 2.22. The van der Waals surface area contributed by atoms with Gasteiger partial charge in [0.05, 0.1) is 17.1 Å². The Morgan fingerprint density at radius 2 is 1.69 bits per heavy atom. The second-order valence-corrected chi connectivity index (χ2v) is 11.0. The van der Waals surface area contributed by atoms with Gasteiger partial charge in [-0.05, 0) is 54.3 Å². The number of nitrogens with one attached hydrogen (secondary N) is 1. The Morgan fingerprint density at radius 1 is 0.974 bits per heavy atom. The zero-order valence-electron chi connectivity index (χ0n) is 23.0. The normalized spacial score (nSPS) is 15.2. The summed E-state index contributed by atoms with van der Waals surface area (Å²) < 4.78 is 2.24. The van der Waals surface area contributed by atoms with Crippen LogP contribution in [0.4, 0.5) is 0 Å². The quantitative estimate of drug-likeness (QED) is 0.282. The van der Waals surface area contributed by atoms with Gasteiger partial charge in [-0.2, -0.15) is 9.78 Å². The maximum atomic E-state index is 13.6. The lowest BCUT2D eigenvalue weighted by molar-refractivity contribution is 0.0388. The summed E-state index contributed by atoms with van der Waals surface area (Å²) in [5.74, 6) is 0.516. The number of hydrogen-bond acceptors (Lipinski definition) is 6. The number of nitrogens with zero attached hydrogens (tertiary/aromatic N) is 5. The van der Waals surface area contributed by atoms with Crippen molar-refractivity contribution < 1.29 is 0 Å². The molecule has 2 heterocycles. The lowest BCUT2D eigenvalue weighted by Crippen LogP contribution is -2.35. The van der Waals surface area contributed by atoms with E-state index < -0.39 is 0 Å². The average molecular weight is 588 g/mol. The fourth-order valence-corrected chi connectivity index (χ4v) is 5.39. The second kappa shape index (κ2) is 11.9. The highest BCUT2D eigenvalue weighted by molar-refractivity contribution is 9.10. The molecule has 1 fully saturated rings. The molecule has 0 unspecified atom stereocenters. The van der Waals surface area contributed by atoms with Crippen LogP contribution in [0.25, 0.3) is 22.3 Å². The summed E-state index contributed by atoms with van der Waals surface area (Å²) in [5, 5.41) is 13.7. The Kier molecular flexibility index (Phi) is 8.37. The van der Waals surface area contributed by atoms with E-state index in [-0.39, 0.29) is 5.56 Å². The van der Waals surface area contributed by atoms with Gasteiger partial charge in [0.2, 0.25) is 0 Å². The minimum atomic E-state index is -0.204. The van der Waals surface area contributed by atoms with Crippen LogP contribution in [-0.4, -0.2) is 58.1 Å². The number of halogens is 1. The van der Waals surface area contributed by atoms with Gasteiger partial charge in [-0.3, -0.25) is 4.79 Å². The van der Waals surface area contributed by atoms with Gasteiger partial charge in [0.25, 0.3) is 5.56 Å². The molecular weight excluding hydrogens is 552 g/mol. The third-order valence-electron chi connectivity index (χ3n) is 7.46. The van der Waals surface area contributed by atoms with E-state index in [1.54, 1.807) is 12.3 Å². The molecule has 0 amide bonds. The number of likely N-dealkylation sites (N-methyl/N-ethyl adjacent to an activating group) is 2. The average Bonchev–Trinajstić information content (AvgIpc) is 3.36. The smallest absolute Gasteiger partial charge is 0.282 e. The molecule has 1 aliphatic rings. The minimum absolute atomic E-state index is 0.204. The SMILES string of the molecule is CCN1CC(NCc2ccc(-c3nc4ccc(Br)cc4c(=O)n3/N=C/c3ccc(C)c(C)c3)cc2)CN1CC. The molecule has 0 spiro atoms. The molecule has 0 bridgehead atoms. The van der Waals surface area contributed by atoms with Crippen molar-refractivity contribution in [3.8, 4) is 11.4 Å². The predicted molar refractivity (Wildman–Crippen MR) is 163 cm³/mol. The van der Waals surface area contributed by atoms with Crippen molar-refractivity contribution in [1.82, 2.24) is 25.0 Å². The Balaban J connectivity index is 1.44. The summed E-state index contributed by atoms with van der Waals surface area (Å²) in [6.07, 6.45) is 1.72. The van der Waals surface area contributed by atoms with Crippen molar-refractivity contribution >= 4 is 33.0 Å². The lowest BCUT2D eigenvalue weighted by atomic mass is 10.1. The molecule has 0 saturated carbocycles. The van der Waals surface area contributed by atoms with E-state index in [1.807, 2.05) is 30.3 Å². The van der Waals surface area contributed by atoms with Crippen LogP contribution in [-0.2, 0) is 6.54 Å². The van der Waals surface area contributed by atoms with E-state index >= 15 is 0 Å². The summed E-state index contributed by atoms with van der Waals surface area (Å²) in [6, 6.07) is 20.4. The number of rotatable bonds is 8. The summed E-state index contributed by atoms with van der Waals surface area (Å²) in [6.45, 7) is 13.5. The summed E-state index contributed by atoms with van der Waals surface area (Å²) in [7, 11) is 0. The van der Waals surface area contributed by atoms with Gasteiger partial charge in [-0.15, -0.1) is 0 Å². The van der Waals surface area contributed by atoms with E-state index in [0.717, 1.165) is 48.3 Å². The second-order valence-electron chi connectivity index (χ2n) is 10.1. The van der Waals surface area contributed by atoms with Gasteiger partial charge in [-0.1, -0.05) is 72.2 Å². The predicted octanol–water partition coefficient (Wildman–Crippen LogP) is 5.36. The van der Waals surface area contributed by atoms with E-state index in [4.69, 9.17) is 4.98 Å². The fraction of sp³-hybridized carbons (Fsp3) is 0.323. The van der Waals surface area contributed by atoms with Crippen molar-refractivity contribution in [2.24, 2.45) is 5.10 Å². The van der Waals surface area contributed by atoms with Crippen LogP contribution in [0.15, 0.2) is 75.0 Å². The first kappa shape index (κ1) is 27.4. The first-order valence-electron chi connectivity index (χ1n) is 13.5. The molecule has 0 radical (unpaired) electrons. The third-order valence-corrected chi connectivity index (χ3v) is 7.95. The molecule has 0 aliphatic carbocycles. The van der Waals surface area contributed by atoms with E-state index in [0.29, 0.717) is 22.8 Å². The van der Waals surface area contributed by atoms with Crippen LogP contribution in [0.3, 0.4) is 0 Å². The molecule has 0 atom stereocenters. The van der Waals surface area contributed by atoms with Crippen molar-refractivity contribution in [3.63, 3.8) is 0 Å². The van der Waals surface area contributed by atoms with Gasteiger partial charge in [0.15, 0.2) is 5.82 Å². The zero-order valence-corrected chi connectivity index (χ0v) is 24.6.